The average molecular weight is 718 g/mol. The summed E-state index contributed by atoms with van der Waals surface area (Å²) in [6.07, 6.45) is 0.884. The zero-order valence-electron chi connectivity index (χ0n) is 28.8. The van der Waals surface area contributed by atoms with Crippen LogP contribution in [0.5, 0.6) is 5.75 Å². The summed E-state index contributed by atoms with van der Waals surface area (Å²) < 4.78 is 40.0. The van der Waals surface area contributed by atoms with E-state index in [2.05, 4.69) is 21.9 Å². The van der Waals surface area contributed by atoms with E-state index >= 15 is 0 Å². The number of carbonyl (C=O) groups excluding carboxylic acids is 4. The van der Waals surface area contributed by atoms with Crippen LogP contribution in [0.2, 0.25) is 0 Å². The molecule has 2 aliphatic rings. The molecule has 3 N–H and O–H groups in total. The smallest absolute Gasteiger partial charge is 0.408 e. The summed E-state index contributed by atoms with van der Waals surface area (Å²) in [5.74, 6) is -2.15. The van der Waals surface area contributed by atoms with E-state index in [-0.39, 0.29) is 44.1 Å². The van der Waals surface area contributed by atoms with Crippen molar-refractivity contribution in [3.8, 4) is 5.75 Å². The molecule has 1 heterocycles. The van der Waals surface area contributed by atoms with Gasteiger partial charge in [-0.2, -0.15) is 0 Å². The molecular weight excluding hydrogens is 675 g/mol. The number of rotatable bonds is 12. The molecule has 2 fully saturated rings. The predicted octanol–water partition coefficient (Wildman–Crippen LogP) is 3.37. The Hall–Kier alpha value is -5.37. The number of ether oxygens (including phenoxy) is 2. The third kappa shape index (κ3) is 9.25. The largest absolute Gasteiger partial charge is 0.489 e. The molecule has 0 radical (unpaired) electrons. The molecule has 0 aromatic heterocycles. The standard InChI is InChI=1S/C37H43N5O8S/c1-5-27-22-37(27,34(45)40-51(47,48)30-18-12-17-29(21-30)49-25-26-13-8-6-9-14-26)39-33(44)31-24-41(19-20-42(31)28-15-10-7-11-16-28)32(43)23-38-35(46)50-36(2,3)4/h5-18,21,27,31H,1,19-20,22-25H2,2-4H3,(H,38,46)(H,39,44)(H,40,45)/t27-,31?,37-/m1/s1. The van der Waals surface area contributed by atoms with E-state index in [1.165, 1.54) is 29.2 Å². The van der Waals surface area contributed by atoms with E-state index in [0.29, 0.717) is 5.75 Å². The molecule has 13 nitrogen and oxygen atoms in total. The highest BCUT2D eigenvalue weighted by Gasteiger charge is 2.61. The minimum atomic E-state index is -4.37. The van der Waals surface area contributed by atoms with Crippen LogP contribution < -0.4 is 25.0 Å². The monoisotopic (exact) mass is 717 g/mol. The quantitative estimate of drug-likeness (QED) is 0.239. The van der Waals surface area contributed by atoms with Gasteiger partial charge in [0.1, 0.15) is 36.1 Å². The summed E-state index contributed by atoms with van der Waals surface area (Å²) in [7, 11) is -4.37. The Labute approximate surface area is 298 Å². The van der Waals surface area contributed by atoms with Crippen LogP contribution in [0, 0.1) is 5.92 Å². The van der Waals surface area contributed by atoms with Crippen molar-refractivity contribution in [3.05, 3.63) is 103 Å². The van der Waals surface area contributed by atoms with Gasteiger partial charge in [-0.15, -0.1) is 6.58 Å². The molecule has 270 valence electrons. The second-order valence-electron chi connectivity index (χ2n) is 13.4. The van der Waals surface area contributed by atoms with Gasteiger partial charge < -0.3 is 29.9 Å². The van der Waals surface area contributed by atoms with Crippen LogP contribution in [0.25, 0.3) is 0 Å². The van der Waals surface area contributed by atoms with Crippen molar-refractivity contribution in [1.82, 2.24) is 20.3 Å². The third-order valence-electron chi connectivity index (χ3n) is 8.55. The fourth-order valence-corrected chi connectivity index (χ4v) is 6.89. The number of benzene rings is 3. The molecule has 5 rings (SSSR count). The second kappa shape index (κ2) is 15.3. The molecule has 1 saturated heterocycles. The van der Waals surface area contributed by atoms with Gasteiger partial charge in [0.15, 0.2) is 0 Å². The third-order valence-corrected chi connectivity index (χ3v) is 9.88. The Morgan fingerprint density at radius 1 is 0.961 bits per heavy atom. The van der Waals surface area contributed by atoms with Crippen molar-refractivity contribution in [2.45, 2.75) is 55.9 Å². The van der Waals surface area contributed by atoms with Gasteiger partial charge in [-0.05, 0) is 57.0 Å². The topological polar surface area (TPSA) is 163 Å². The Bertz CT molecular complexity index is 1870. The highest BCUT2D eigenvalue weighted by molar-refractivity contribution is 7.90. The first-order valence-electron chi connectivity index (χ1n) is 16.6. The van der Waals surface area contributed by atoms with E-state index in [1.807, 2.05) is 65.6 Å². The highest BCUT2D eigenvalue weighted by Crippen LogP contribution is 2.45. The van der Waals surface area contributed by atoms with Gasteiger partial charge in [-0.25, -0.2) is 17.9 Å². The fraction of sp³-hybridized carbons (Fsp3) is 0.351. The molecule has 3 aromatic rings. The van der Waals surface area contributed by atoms with Crippen molar-refractivity contribution in [2.24, 2.45) is 5.92 Å². The van der Waals surface area contributed by atoms with Gasteiger partial charge in [0.2, 0.25) is 11.8 Å². The summed E-state index contributed by atoms with van der Waals surface area (Å²) in [5, 5.41) is 5.27. The number of nitrogens with one attached hydrogen (secondary N) is 3. The summed E-state index contributed by atoms with van der Waals surface area (Å²) in [5.41, 5.74) is -0.704. The van der Waals surface area contributed by atoms with Gasteiger partial charge in [0, 0.05) is 30.8 Å². The zero-order valence-corrected chi connectivity index (χ0v) is 29.6. The van der Waals surface area contributed by atoms with E-state index in [0.717, 1.165) is 11.3 Å². The van der Waals surface area contributed by atoms with E-state index in [4.69, 9.17) is 9.47 Å². The lowest BCUT2D eigenvalue weighted by Crippen LogP contribution is -2.64. The van der Waals surface area contributed by atoms with Crippen molar-refractivity contribution < 1.29 is 37.1 Å². The van der Waals surface area contributed by atoms with Gasteiger partial charge in [0.25, 0.3) is 15.9 Å². The lowest BCUT2D eigenvalue weighted by Gasteiger charge is -2.42. The second-order valence-corrected chi connectivity index (χ2v) is 15.1. The lowest BCUT2D eigenvalue weighted by molar-refractivity contribution is -0.134. The minimum absolute atomic E-state index is 0.0555. The van der Waals surface area contributed by atoms with Crippen LogP contribution in [0.3, 0.4) is 0 Å². The summed E-state index contributed by atoms with van der Waals surface area (Å²) in [6, 6.07) is 23.4. The molecule has 1 aliphatic heterocycles. The molecule has 3 atom stereocenters. The average Bonchev–Trinajstić information content (AvgIpc) is 3.83. The maximum atomic E-state index is 14.1. The minimum Gasteiger partial charge on any atom is -0.489 e. The number of hydrogen-bond acceptors (Lipinski definition) is 9. The Morgan fingerprint density at radius 2 is 1.65 bits per heavy atom. The first-order chi connectivity index (χ1) is 24.2. The number of anilines is 1. The normalized spacial score (nSPS) is 20.1. The molecule has 0 spiro atoms. The van der Waals surface area contributed by atoms with Gasteiger partial charge >= 0.3 is 6.09 Å². The van der Waals surface area contributed by atoms with E-state index in [9.17, 15) is 27.6 Å². The Balaban J connectivity index is 1.30. The number of piperazine rings is 1. The van der Waals surface area contributed by atoms with E-state index in [1.54, 1.807) is 26.8 Å². The van der Waals surface area contributed by atoms with Crippen LogP contribution in [0.15, 0.2) is 102 Å². The Morgan fingerprint density at radius 3 is 2.29 bits per heavy atom. The summed E-state index contributed by atoms with van der Waals surface area (Å²) >= 11 is 0. The molecular formula is C37H43N5O8S. The summed E-state index contributed by atoms with van der Waals surface area (Å²) in [4.78, 5) is 56.3. The molecule has 3 aromatic carbocycles. The van der Waals surface area contributed by atoms with Gasteiger partial charge in [-0.3, -0.25) is 14.4 Å². The fourth-order valence-electron chi connectivity index (χ4n) is 5.82. The Kier molecular flexibility index (Phi) is 11.0. The molecule has 1 unspecified atom stereocenters. The van der Waals surface area contributed by atoms with Crippen molar-refractivity contribution in [1.29, 1.82) is 0 Å². The number of sulfonamides is 1. The van der Waals surface area contributed by atoms with Gasteiger partial charge in [0.05, 0.1) is 11.4 Å². The maximum Gasteiger partial charge on any atom is 0.408 e. The SMILES string of the molecule is C=C[C@@H]1C[C@]1(NC(=O)C1CN(C(=O)CNC(=O)OC(C)(C)C)CCN1c1ccccc1)C(=O)NS(=O)(=O)c1cccc(OCc2ccccc2)c1. The van der Waals surface area contributed by atoms with Gasteiger partial charge in [-0.1, -0.05) is 60.7 Å². The van der Waals surface area contributed by atoms with Crippen LogP contribution >= 0.6 is 0 Å². The number of alkyl carbamates (subject to hydrolysis) is 1. The molecule has 0 bridgehead atoms. The van der Waals surface area contributed by atoms with Crippen LogP contribution in [-0.2, 0) is 35.8 Å². The predicted molar refractivity (Wildman–Crippen MR) is 190 cm³/mol. The number of nitrogens with zero attached hydrogens (tertiary/aromatic N) is 2. The number of amides is 4. The highest BCUT2D eigenvalue weighted by atomic mass is 32.2. The number of hydrogen-bond donors (Lipinski definition) is 3. The molecule has 1 aliphatic carbocycles. The first kappa shape index (κ1) is 36.9. The number of carbonyl (C=O) groups is 4. The summed E-state index contributed by atoms with van der Waals surface area (Å²) in [6.45, 7) is 9.28. The van der Waals surface area contributed by atoms with Crippen molar-refractivity contribution >= 4 is 39.5 Å². The molecule has 1 saturated carbocycles. The van der Waals surface area contributed by atoms with Crippen molar-refractivity contribution in [3.63, 3.8) is 0 Å². The maximum absolute atomic E-state index is 14.1. The van der Waals surface area contributed by atoms with Crippen LogP contribution in [0.4, 0.5) is 10.5 Å². The number of para-hydroxylation sites is 1. The van der Waals surface area contributed by atoms with Crippen molar-refractivity contribution in [2.75, 3.05) is 31.1 Å². The van der Waals surface area contributed by atoms with Crippen LogP contribution in [0.1, 0.15) is 32.8 Å². The van der Waals surface area contributed by atoms with Crippen LogP contribution in [-0.4, -0.2) is 80.5 Å². The zero-order chi connectivity index (χ0) is 36.8. The molecule has 14 heteroatoms. The lowest BCUT2D eigenvalue weighted by atomic mass is 10.1. The molecule has 4 amide bonds. The molecule has 51 heavy (non-hydrogen) atoms. The van der Waals surface area contributed by atoms with E-state index < -0.39 is 56.9 Å². The first-order valence-corrected chi connectivity index (χ1v) is 18.0.